The van der Waals surface area contributed by atoms with Crippen LogP contribution in [0.25, 0.3) is 29.6 Å². The molecule has 1 nitrogen and oxygen atoms in total. The summed E-state index contributed by atoms with van der Waals surface area (Å²) in [5.74, 6) is 0. The minimum atomic E-state index is 0.843. The molecule has 0 bridgehead atoms. The van der Waals surface area contributed by atoms with Crippen LogP contribution in [0.1, 0.15) is 0 Å². The summed E-state index contributed by atoms with van der Waals surface area (Å²) in [7, 11) is 0. The molecule has 0 aliphatic carbocycles. The number of nitrogens with two attached hydrogens (primary N) is 1. The minimum absolute atomic E-state index is 0.843. The fourth-order valence-corrected chi connectivity index (χ4v) is 4.92. The molecule has 4 rings (SSSR count). The fourth-order valence-electron chi connectivity index (χ4n) is 2.22. The van der Waals surface area contributed by atoms with Crippen molar-refractivity contribution in [3.63, 3.8) is 0 Å². The highest BCUT2D eigenvalue weighted by Gasteiger charge is 2.11. The first-order valence-corrected chi connectivity index (χ1v) is 7.05. The summed E-state index contributed by atoms with van der Waals surface area (Å²) in [4.78, 5) is 0. The van der Waals surface area contributed by atoms with Gasteiger partial charge in [-0.05, 0) is 18.2 Å². The molecular weight excluding hydrogens is 246 g/mol. The van der Waals surface area contributed by atoms with Gasteiger partial charge in [-0.2, -0.15) is 0 Å². The number of rotatable bonds is 0. The smallest absolute Gasteiger partial charge is 0.0542 e. The second-order valence-electron chi connectivity index (χ2n) is 4.11. The summed E-state index contributed by atoms with van der Waals surface area (Å²) in [5.41, 5.74) is 6.68. The van der Waals surface area contributed by atoms with Crippen LogP contribution in [0, 0.1) is 0 Å². The van der Waals surface area contributed by atoms with Crippen LogP contribution >= 0.6 is 22.7 Å². The summed E-state index contributed by atoms with van der Waals surface area (Å²) in [6, 6.07) is 14.8. The van der Waals surface area contributed by atoms with E-state index in [2.05, 4.69) is 36.4 Å². The zero-order valence-corrected chi connectivity index (χ0v) is 10.6. The van der Waals surface area contributed by atoms with Gasteiger partial charge in [0, 0.05) is 25.9 Å². The van der Waals surface area contributed by atoms with Crippen molar-refractivity contribution in [2.75, 3.05) is 5.73 Å². The maximum absolute atomic E-state index is 5.84. The van der Waals surface area contributed by atoms with Gasteiger partial charge in [0.05, 0.1) is 9.40 Å². The number of fused-ring (bicyclic) bond motifs is 5. The lowest BCUT2D eigenvalue weighted by Gasteiger charge is -1.92. The summed E-state index contributed by atoms with van der Waals surface area (Å²) in [6.45, 7) is 0. The van der Waals surface area contributed by atoms with E-state index in [4.69, 9.17) is 5.73 Å². The lowest BCUT2D eigenvalue weighted by molar-refractivity contribution is 1.80. The van der Waals surface area contributed by atoms with Gasteiger partial charge in [-0.15, -0.1) is 22.7 Å². The molecular formula is C14H9NS2. The number of hydrogen-bond acceptors (Lipinski definition) is 3. The molecule has 3 heteroatoms. The van der Waals surface area contributed by atoms with Crippen molar-refractivity contribution < 1.29 is 0 Å². The molecule has 0 spiro atoms. The van der Waals surface area contributed by atoms with Crippen molar-refractivity contribution in [1.82, 2.24) is 0 Å². The Labute approximate surface area is 106 Å². The van der Waals surface area contributed by atoms with E-state index in [-0.39, 0.29) is 0 Å². The minimum Gasteiger partial charge on any atom is -0.399 e. The van der Waals surface area contributed by atoms with Gasteiger partial charge in [0.15, 0.2) is 0 Å². The normalized spacial score (nSPS) is 11.8. The standard InChI is InChI=1S/C14H9NS2/c15-8-5-6-10-12(7-8)17-13-9-3-1-2-4-11(9)16-14(10)13/h1-7H,15H2. The first kappa shape index (κ1) is 9.45. The van der Waals surface area contributed by atoms with Gasteiger partial charge in [-0.3, -0.25) is 0 Å². The molecule has 0 radical (unpaired) electrons. The maximum atomic E-state index is 5.84. The Bertz CT molecular complexity index is 854. The third kappa shape index (κ3) is 1.24. The van der Waals surface area contributed by atoms with E-state index in [1.54, 1.807) is 0 Å². The highest BCUT2D eigenvalue weighted by atomic mass is 32.1. The van der Waals surface area contributed by atoms with Crippen molar-refractivity contribution in [3.8, 4) is 0 Å². The summed E-state index contributed by atoms with van der Waals surface area (Å²) < 4.78 is 5.45. The zero-order chi connectivity index (χ0) is 11.4. The average molecular weight is 255 g/mol. The van der Waals surface area contributed by atoms with E-state index >= 15 is 0 Å². The Morgan fingerprint density at radius 1 is 0.765 bits per heavy atom. The van der Waals surface area contributed by atoms with Crippen LogP contribution in [0.15, 0.2) is 42.5 Å². The van der Waals surface area contributed by atoms with E-state index < -0.39 is 0 Å². The van der Waals surface area contributed by atoms with Gasteiger partial charge in [0.2, 0.25) is 0 Å². The number of hydrogen-bond donors (Lipinski definition) is 1. The lowest BCUT2D eigenvalue weighted by atomic mass is 10.2. The number of anilines is 1. The Hall–Kier alpha value is -1.58. The van der Waals surface area contributed by atoms with E-state index in [0.29, 0.717) is 0 Å². The molecule has 0 atom stereocenters. The van der Waals surface area contributed by atoms with Gasteiger partial charge < -0.3 is 5.73 Å². The Kier molecular flexibility index (Phi) is 1.79. The van der Waals surface area contributed by atoms with E-state index in [1.807, 2.05) is 28.7 Å². The Morgan fingerprint density at radius 2 is 1.47 bits per heavy atom. The molecule has 0 amide bonds. The topological polar surface area (TPSA) is 26.0 Å². The molecule has 0 saturated heterocycles. The molecule has 2 aromatic carbocycles. The molecule has 4 aromatic rings. The zero-order valence-electron chi connectivity index (χ0n) is 8.94. The quantitative estimate of drug-likeness (QED) is 0.446. The number of thiophene rings is 2. The fraction of sp³-hybridized carbons (Fsp3) is 0. The van der Waals surface area contributed by atoms with E-state index in [0.717, 1.165) is 5.69 Å². The second kappa shape index (κ2) is 3.22. The monoisotopic (exact) mass is 255 g/mol. The highest BCUT2D eigenvalue weighted by Crippen LogP contribution is 2.44. The summed E-state index contributed by atoms with van der Waals surface area (Å²) in [5, 5.41) is 2.70. The van der Waals surface area contributed by atoms with Crippen molar-refractivity contribution in [2.24, 2.45) is 0 Å². The van der Waals surface area contributed by atoms with Crippen LogP contribution < -0.4 is 5.73 Å². The lowest BCUT2D eigenvalue weighted by Crippen LogP contribution is -1.80. The van der Waals surface area contributed by atoms with Crippen molar-refractivity contribution in [1.29, 1.82) is 0 Å². The molecule has 17 heavy (non-hydrogen) atoms. The van der Waals surface area contributed by atoms with Crippen LogP contribution in [0.3, 0.4) is 0 Å². The number of benzene rings is 2. The molecule has 0 saturated carbocycles. The summed E-state index contributed by atoms with van der Waals surface area (Å²) >= 11 is 3.72. The van der Waals surface area contributed by atoms with Crippen LogP contribution in [-0.4, -0.2) is 0 Å². The predicted octanol–water partition coefficient (Wildman–Crippen LogP) is 4.85. The molecule has 2 heterocycles. The van der Waals surface area contributed by atoms with Crippen LogP contribution in [0.4, 0.5) is 5.69 Å². The third-order valence-electron chi connectivity index (χ3n) is 3.01. The Morgan fingerprint density at radius 3 is 2.35 bits per heavy atom. The molecule has 0 unspecified atom stereocenters. The second-order valence-corrected chi connectivity index (χ2v) is 6.22. The van der Waals surface area contributed by atoms with Crippen LogP contribution in [0.5, 0.6) is 0 Å². The van der Waals surface area contributed by atoms with Gasteiger partial charge in [0.1, 0.15) is 0 Å². The first-order valence-electron chi connectivity index (χ1n) is 5.42. The van der Waals surface area contributed by atoms with Gasteiger partial charge in [-0.25, -0.2) is 0 Å². The molecule has 82 valence electrons. The van der Waals surface area contributed by atoms with Crippen molar-refractivity contribution in [2.45, 2.75) is 0 Å². The average Bonchev–Trinajstić information content (AvgIpc) is 2.84. The molecule has 2 aromatic heterocycles. The Balaban J connectivity index is 2.29. The largest absolute Gasteiger partial charge is 0.399 e. The predicted molar refractivity (Wildman–Crippen MR) is 79.1 cm³/mol. The first-order chi connectivity index (χ1) is 8.33. The van der Waals surface area contributed by atoms with Crippen LogP contribution in [0.2, 0.25) is 0 Å². The van der Waals surface area contributed by atoms with Gasteiger partial charge >= 0.3 is 0 Å². The van der Waals surface area contributed by atoms with Crippen molar-refractivity contribution >= 4 is 57.9 Å². The van der Waals surface area contributed by atoms with Gasteiger partial charge in [0.25, 0.3) is 0 Å². The number of nitrogen functional groups attached to an aromatic ring is 1. The highest BCUT2D eigenvalue weighted by molar-refractivity contribution is 7.36. The van der Waals surface area contributed by atoms with Crippen LogP contribution in [-0.2, 0) is 0 Å². The molecule has 0 aliphatic heterocycles. The maximum Gasteiger partial charge on any atom is 0.0542 e. The van der Waals surface area contributed by atoms with E-state index in [1.165, 1.54) is 29.6 Å². The molecule has 0 aliphatic rings. The SMILES string of the molecule is Nc1ccc2c(c1)sc1c3ccccc3sc21. The third-order valence-corrected chi connectivity index (χ3v) is 5.53. The van der Waals surface area contributed by atoms with Crippen molar-refractivity contribution in [3.05, 3.63) is 42.5 Å². The molecule has 0 fully saturated rings. The van der Waals surface area contributed by atoms with E-state index in [9.17, 15) is 0 Å². The van der Waals surface area contributed by atoms with Gasteiger partial charge in [-0.1, -0.05) is 24.3 Å². The summed E-state index contributed by atoms with van der Waals surface area (Å²) in [6.07, 6.45) is 0. The molecule has 2 N–H and O–H groups in total.